The molecule has 0 spiro atoms. The van der Waals surface area contributed by atoms with Crippen LogP contribution in [0.1, 0.15) is 5.69 Å². The molecular formula is C18H18ClN3O6S2. The van der Waals surface area contributed by atoms with Gasteiger partial charge < -0.3 is 10.2 Å². The molecule has 0 unspecified atom stereocenters. The molecule has 3 rings (SSSR count). The van der Waals surface area contributed by atoms with Crippen LogP contribution in [0.25, 0.3) is 4.85 Å². The van der Waals surface area contributed by atoms with E-state index in [-0.39, 0.29) is 20.5 Å². The van der Waals surface area contributed by atoms with Crippen LogP contribution in [-0.2, 0) is 19.9 Å². The number of aliphatic hydroxyl groups is 2. The minimum absolute atomic E-state index is 0.167. The van der Waals surface area contributed by atoms with Gasteiger partial charge in [-0.2, -0.15) is 4.31 Å². The van der Waals surface area contributed by atoms with Crippen LogP contribution in [0.4, 0.5) is 5.69 Å². The van der Waals surface area contributed by atoms with E-state index in [0.717, 1.165) is 16.6 Å². The molecule has 160 valence electrons. The number of benzene rings is 1. The van der Waals surface area contributed by atoms with E-state index in [2.05, 4.69) is 9.83 Å². The lowest BCUT2D eigenvalue weighted by Crippen LogP contribution is -2.49. The molecule has 1 aliphatic heterocycles. The first-order chi connectivity index (χ1) is 14.0. The zero-order valence-electron chi connectivity index (χ0n) is 15.7. The third-order valence-electron chi connectivity index (χ3n) is 4.94. The first-order valence-electron chi connectivity index (χ1n) is 8.62. The highest BCUT2D eigenvalue weighted by Gasteiger charge is 2.55. The van der Waals surface area contributed by atoms with Crippen molar-refractivity contribution in [1.29, 1.82) is 0 Å². The van der Waals surface area contributed by atoms with Crippen molar-refractivity contribution in [3.05, 3.63) is 58.7 Å². The molecule has 0 amide bonds. The highest BCUT2D eigenvalue weighted by atomic mass is 35.5. The predicted octanol–water partition coefficient (Wildman–Crippen LogP) is 1.16. The van der Waals surface area contributed by atoms with Crippen LogP contribution in [-0.4, -0.2) is 66.9 Å². The average Bonchev–Trinajstić information content (AvgIpc) is 3.08. The summed E-state index contributed by atoms with van der Waals surface area (Å²) in [6.07, 6.45) is 1.12. The number of β-amino-alcohol motifs (C(OH)–C–C–N with tert-alkyl or cyclic N) is 1. The Hall–Kier alpha value is -2.07. The summed E-state index contributed by atoms with van der Waals surface area (Å²) in [7, 11) is -8.58. The maximum atomic E-state index is 13.1. The number of aliphatic hydroxyl groups excluding tert-OH is 1. The molecule has 30 heavy (non-hydrogen) atoms. The molecule has 12 heteroatoms. The summed E-state index contributed by atoms with van der Waals surface area (Å²) in [4.78, 5) is 6.55. The van der Waals surface area contributed by atoms with E-state index >= 15 is 0 Å². The van der Waals surface area contributed by atoms with Crippen molar-refractivity contribution in [2.24, 2.45) is 0 Å². The van der Waals surface area contributed by atoms with Gasteiger partial charge in [0.05, 0.1) is 23.0 Å². The van der Waals surface area contributed by atoms with Crippen molar-refractivity contribution in [3.8, 4) is 0 Å². The second-order valence-corrected chi connectivity index (χ2v) is 11.4. The number of aromatic nitrogens is 1. The molecule has 0 radical (unpaired) electrons. The SMILES string of the molecule is [C-]#[N+]c1cc(Cl)ccc1S(=O)(=O)N1C[C@H](S(=O)(=O)c2ccc(C)nc2)[C@](O)(CO)C1. The Bertz CT molecular complexity index is 1230. The quantitative estimate of drug-likeness (QED) is 0.626. The number of rotatable bonds is 5. The van der Waals surface area contributed by atoms with Crippen LogP contribution < -0.4 is 0 Å². The molecule has 0 aliphatic carbocycles. The summed E-state index contributed by atoms with van der Waals surface area (Å²) in [5.74, 6) is 0. The van der Waals surface area contributed by atoms with Gasteiger partial charge in [0, 0.05) is 30.0 Å². The zero-order valence-corrected chi connectivity index (χ0v) is 18.1. The van der Waals surface area contributed by atoms with Crippen LogP contribution in [0, 0.1) is 13.5 Å². The Kier molecular flexibility index (Phi) is 5.94. The number of nitrogens with zero attached hydrogens (tertiary/aromatic N) is 3. The van der Waals surface area contributed by atoms with Crippen LogP contribution in [0.5, 0.6) is 0 Å². The summed E-state index contributed by atoms with van der Waals surface area (Å²) in [5.41, 5.74) is -1.89. The molecule has 1 aromatic carbocycles. The van der Waals surface area contributed by atoms with Gasteiger partial charge in [-0.15, -0.1) is 0 Å². The molecule has 2 aromatic rings. The van der Waals surface area contributed by atoms with Crippen molar-refractivity contribution >= 4 is 37.1 Å². The Morgan fingerprint density at radius 3 is 2.57 bits per heavy atom. The largest absolute Gasteiger partial charge is 0.393 e. The lowest BCUT2D eigenvalue weighted by molar-refractivity contribution is 0.00160. The van der Waals surface area contributed by atoms with Gasteiger partial charge in [-0.3, -0.25) is 4.98 Å². The fourth-order valence-corrected chi connectivity index (χ4v) is 7.05. The highest BCUT2D eigenvalue weighted by molar-refractivity contribution is 7.92. The Balaban J connectivity index is 2.05. The number of halogens is 1. The third-order valence-corrected chi connectivity index (χ3v) is 9.27. The summed E-state index contributed by atoms with van der Waals surface area (Å²) in [6, 6.07) is 6.41. The number of aryl methyl sites for hydroxylation is 1. The normalized spacial score (nSPS) is 22.7. The summed E-state index contributed by atoms with van der Waals surface area (Å²) < 4.78 is 53.2. The van der Waals surface area contributed by atoms with Crippen LogP contribution in [0.2, 0.25) is 5.02 Å². The van der Waals surface area contributed by atoms with Gasteiger partial charge in [0.2, 0.25) is 15.7 Å². The smallest absolute Gasteiger partial charge is 0.233 e. The van der Waals surface area contributed by atoms with Gasteiger partial charge in [0.15, 0.2) is 9.84 Å². The average molecular weight is 472 g/mol. The minimum atomic E-state index is -4.35. The Morgan fingerprint density at radius 2 is 2.00 bits per heavy atom. The van der Waals surface area contributed by atoms with Gasteiger partial charge in [-0.25, -0.2) is 21.7 Å². The van der Waals surface area contributed by atoms with Gasteiger partial charge in [0.1, 0.15) is 10.9 Å². The second-order valence-electron chi connectivity index (χ2n) is 6.95. The van der Waals surface area contributed by atoms with Gasteiger partial charge >= 0.3 is 0 Å². The van der Waals surface area contributed by atoms with Crippen molar-refractivity contribution < 1.29 is 27.0 Å². The highest BCUT2D eigenvalue weighted by Crippen LogP contribution is 2.37. The molecule has 1 aliphatic rings. The van der Waals surface area contributed by atoms with E-state index in [0.29, 0.717) is 5.69 Å². The monoisotopic (exact) mass is 471 g/mol. The second kappa shape index (κ2) is 7.88. The third kappa shape index (κ3) is 3.82. The van der Waals surface area contributed by atoms with E-state index in [1.165, 1.54) is 24.3 Å². The van der Waals surface area contributed by atoms with Crippen LogP contribution in [0.3, 0.4) is 0 Å². The van der Waals surface area contributed by atoms with Gasteiger partial charge in [-0.05, 0) is 31.2 Å². The molecule has 9 nitrogen and oxygen atoms in total. The maximum absolute atomic E-state index is 13.1. The molecule has 2 heterocycles. The predicted molar refractivity (Wildman–Crippen MR) is 108 cm³/mol. The molecule has 1 saturated heterocycles. The summed E-state index contributed by atoms with van der Waals surface area (Å²) in [6.45, 7) is 6.64. The lowest BCUT2D eigenvalue weighted by Gasteiger charge is -2.26. The number of sulfonamides is 1. The number of hydrogen-bond donors (Lipinski definition) is 2. The van der Waals surface area contributed by atoms with E-state index in [4.69, 9.17) is 18.2 Å². The fourth-order valence-electron chi connectivity index (χ4n) is 3.27. The molecule has 0 saturated carbocycles. The molecule has 2 N–H and O–H groups in total. The van der Waals surface area contributed by atoms with Crippen molar-refractivity contribution in [1.82, 2.24) is 9.29 Å². The first-order valence-corrected chi connectivity index (χ1v) is 12.0. The first kappa shape index (κ1) is 22.6. The van der Waals surface area contributed by atoms with Gasteiger partial charge in [0.25, 0.3) is 0 Å². The molecule has 1 fully saturated rings. The van der Waals surface area contributed by atoms with E-state index in [9.17, 15) is 27.0 Å². The standard InChI is InChI=1S/C18H18ClN3O6S2/c1-12-3-5-14(8-21-12)29(25,26)17-9-22(10-18(17,24)11-23)30(27,28)16-6-4-13(19)7-15(16)20-2/h3-8,17,23-24H,9-11H2,1H3/t17-,18+/m0/s1. The van der Waals surface area contributed by atoms with E-state index < -0.39 is 50.4 Å². The van der Waals surface area contributed by atoms with Crippen molar-refractivity contribution in [2.45, 2.75) is 27.6 Å². The topological polar surface area (TPSA) is 129 Å². The zero-order chi connectivity index (χ0) is 22.3. The molecule has 2 atom stereocenters. The van der Waals surface area contributed by atoms with Crippen LogP contribution >= 0.6 is 11.6 Å². The van der Waals surface area contributed by atoms with E-state index in [1.54, 1.807) is 6.92 Å². The van der Waals surface area contributed by atoms with E-state index in [1.807, 2.05) is 0 Å². The molecular weight excluding hydrogens is 454 g/mol. The summed E-state index contributed by atoms with van der Waals surface area (Å²) in [5, 5.41) is 19.1. The van der Waals surface area contributed by atoms with Gasteiger partial charge in [-0.1, -0.05) is 17.7 Å². The van der Waals surface area contributed by atoms with Crippen molar-refractivity contribution in [2.75, 3.05) is 19.7 Å². The fraction of sp³-hybridized carbons (Fsp3) is 0.333. The minimum Gasteiger partial charge on any atom is -0.393 e. The summed E-state index contributed by atoms with van der Waals surface area (Å²) >= 11 is 5.82. The number of hydrogen-bond acceptors (Lipinski definition) is 7. The van der Waals surface area contributed by atoms with Crippen LogP contribution in [0.15, 0.2) is 46.3 Å². The lowest BCUT2D eigenvalue weighted by atomic mass is 10.1. The Morgan fingerprint density at radius 1 is 1.30 bits per heavy atom. The van der Waals surface area contributed by atoms with Crippen molar-refractivity contribution in [3.63, 3.8) is 0 Å². The number of pyridine rings is 1. The Labute approximate surface area is 179 Å². The molecule has 1 aromatic heterocycles. The number of sulfone groups is 1. The maximum Gasteiger partial charge on any atom is 0.233 e. The molecule has 0 bridgehead atoms.